The first-order valence-electron chi connectivity index (χ1n) is 10.7. The number of nitrogens with zero attached hydrogens (tertiary/aromatic N) is 6. The van der Waals surface area contributed by atoms with E-state index in [1.54, 1.807) is 34.5 Å². The third-order valence-corrected chi connectivity index (χ3v) is 8.31. The molecule has 2 unspecified atom stereocenters. The van der Waals surface area contributed by atoms with Crippen LogP contribution in [0.2, 0.25) is 0 Å². The molecular formula is C20H29FN6O3S2. The van der Waals surface area contributed by atoms with E-state index in [1.165, 1.54) is 14.7 Å². The minimum atomic E-state index is -3.53. The zero-order valence-electron chi connectivity index (χ0n) is 18.5. The molecule has 0 spiro atoms. The average Bonchev–Trinajstić information content (AvgIpc) is 3.02. The van der Waals surface area contributed by atoms with Gasteiger partial charge in [-0.2, -0.15) is 22.1 Å². The van der Waals surface area contributed by atoms with Crippen molar-refractivity contribution in [3.8, 4) is 11.4 Å². The molecule has 32 heavy (non-hydrogen) atoms. The van der Waals surface area contributed by atoms with Gasteiger partial charge in [0, 0.05) is 46.3 Å². The summed E-state index contributed by atoms with van der Waals surface area (Å²) in [6, 6.07) is 6.47. The Morgan fingerprint density at radius 1 is 1.09 bits per heavy atom. The highest BCUT2D eigenvalue weighted by atomic mass is 32.2. The molecule has 2 fully saturated rings. The molecule has 2 atom stereocenters. The normalized spacial score (nSPS) is 24.1. The van der Waals surface area contributed by atoms with Crippen molar-refractivity contribution in [2.45, 2.75) is 32.7 Å². The van der Waals surface area contributed by atoms with Gasteiger partial charge in [0.05, 0.1) is 24.4 Å². The monoisotopic (exact) mass is 484 g/mol. The summed E-state index contributed by atoms with van der Waals surface area (Å²) in [5.74, 6) is 0.109. The van der Waals surface area contributed by atoms with Crippen LogP contribution in [0.5, 0.6) is 0 Å². The van der Waals surface area contributed by atoms with E-state index in [0.717, 1.165) is 0 Å². The Hall–Kier alpha value is -1.70. The standard InChI is InChI=1S/C20H29FN6O3S2/c1-15-12-26(13-16(2)30-15)32(28,29)25-10-8-24(9-11-25)14-27-20(31)23(3)19(22-27)17-6-4-5-7-18(17)21/h4-7,15-16H,8-14H2,1-3H3. The first kappa shape index (κ1) is 23.5. The first-order chi connectivity index (χ1) is 15.2. The highest BCUT2D eigenvalue weighted by Crippen LogP contribution is 2.22. The zero-order valence-corrected chi connectivity index (χ0v) is 20.1. The summed E-state index contributed by atoms with van der Waals surface area (Å²) in [6.45, 7) is 6.84. The smallest absolute Gasteiger partial charge is 0.282 e. The second kappa shape index (κ2) is 9.27. The highest BCUT2D eigenvalue weighted by molar-refractivity contribution is 7.86. The SMILES string of the molecule is CC1CN(S(=O)(=O)N2CCN(Cn3nc(-c4ccccc4F)n(C)c3=S)CC2)CC(C)O1. The fraction of sp³-hybridized carbons (Fsp3) is 0.600. The van der Waals surface area contributed by atoms with Gasteiger partial charge in [-0.1, -0.05) is 12.1 Å². The Labute approximate surface area is 193 Å². The predicted octanol–water partition coefficient (Wildman–Crippen LogP) is 1.69. The fourth-order valence-corrected chi connectivity index (χ4v) is 6.16. The average molecular weight is 485 g/mol. The molecule has 0 bridgehead atoms. The number of ether oxygens (including phenoxy) is 1. The lowest BCUT2D eigenvalue weighted by Gasteiger charge is -2.40. The number of aromatic nitrogens is 3. The Bertz CT molecular complexity index is 1120. The molecule has 2 aliphatic heterocycles. The Morgan fingerprint density at radius 2 is 1.72 bits per heavy atom. The minimum absolute atomic E-state index is 0.121. The van der Waals surface area contributed by atoms with E-state index in [-0.39, 0.29) is 18.0 Å². The second-order valence-corrected chi connectivity index (χ2v) is 10.7. The molecule has 3 heterocycles. The van der Waals surface area contributed by atoms with Gasteiger partial charge in [0.2, 0.25) is 0 Å². The molecule has 0 saturated carbocycles. The van der Waals surface area contributed by atoms with Gasteiger partial charge in [0.15, 0.2) is 10.6 Å². The van der Waals surface area contributed by atoms with Crippen molar-refractivity contribution in [3.63, 3.8) is 0 Å². The van der Waals surface area contributed by atoms with Gasteiger partial charge >= 0.3 is 0 Å². The quantitative estimate of drug-likeness (QED) is 0.602. The summed E-state index contributed by atoms with van der Waals surface area (Å²) in [5.41, 5.74) is 0.393. The van der Waals surface area contributed by atoms with Crippen molar-refractivity contribution < 1.29 is 17.5 Å². The Morgan fingerprint density at radius 3 is 2.34 bits per heavy atom. The van der Waals surface area contributed by atoms with Crippen LogP contribution in [0.1, 0.15) is 13.8 Å². The molecule has 0 amide bonds. The maximum Gasteiger partial charge on any atom is 0.282 e. The van der Waals surface area contributed by atoms with Gasteiger partial charge < -0.3 is 9.30 Å². The lowest BCUT2D eigenvalue weighted by Crippen LogP contribution is -2.57. The van der Waals surface area contributed by atoms with Crippen LogP contribution in [-0.2, 0) is 28.7 Å². The van der Waals surface area contributed by atoms with E-state index >= 15 is 0 Å². The van der Waals surface area contributed by atoms with E-state index < -0.39 is 10.2 Å². The van der Waals surface area contributed by atoms with Gasteiger partial charge in [0.25, 0.3) is 10.2 Å². The molecule has 176 valence electrons. The molecule has 0 aliphatic carbocycles. The summed E-state index contributed by atoms with van der Waals surface area (Å²) in [7, 11) is -1.76. The number of benzene rings is 1. The summed E-state index contributed by atoms with van der Waals surface area (Å²) >= 11 is 5.51. The van der Waals surface area contributed by atoms with Gasteiger partial charge in [0.1, 0.15) is 5.82 Å². The number of rotatable bonds is 5. The van der Waals surface area contributed by atoms with Crippen molar-refractivity contribution in [2.75, 3.05) is 39.3 Å². The van der Waals surface area contributed by atoms with Gasteiger partial charge in [-0.05, 0) is 38.2 Å². The second-order valence-electron chi connectivity index (χ2n) is 8.39. The molecule has 4 rings (SSSR count). The van der Waals surface area contributed by atoms with Crippen LogP contribution in [0.3, 0.4) is 0 Å². The zero-order chi connectivity index (χ0) is 23.0. The van der Waals surface area contributed by atoms with Crippen LogP contribution < -0.4 is 0 Å². The Balaban J connectivity index is 1.42. The van der Waals surface area contributed by atoms with E-state index in [4.69, 9.17) is 17.0 Å². The maximum atomic E-state index is 14.2. The topological polar surface area (TPSA) is 75.8 Å². The van der Waals surface area contributed by atoms with E-state index in [0.29, 0.717) is 62.1 Å². The minimum Gasteiger partial charge on any atom is -0.373 e. The van der Waals surface area contributed by atoms with Crippen LogP contribution in [-0.4, -0.2) is 87.8 Å². The predicted molar refractivity (Wildman–Crippen MR) is 121 cm³/mol. The van der Waals surface area contributed by atoms with Crippen LogP contribution in [0.4, 0.5) is 4.39 Å². The first-order valence-corrected chi connectivity index (χ1v) is 12.5. The number of halogens is 1. The van der Waals surface area contributed by atoms with Crippen molar-refractivity contribution in [2.24, 2.45) is 7.05 Å². The van der Waals surface area contributed by atoms with Crippen LogP contribution in [0, 0.1) is 10.6 Å². The molecule has 1 aromatic carbocycles. The summed E-state index contributed by atoms with van der Waals surface area (Å²) in [4.78, 5) is 2.10. The molecule has 0 radical (unpaired) electrons. The third kappa shape index (κ3) is 4.66. The molecule has 12 heteroatoms. The molecule has 0 N–H and O–H groups in total. The molecule has 2 aliphatic rings. The number of hydrogen-bond donors (Lipinski definition) is 0. The van der Waals surface area contributed by atoms with Gasteiger partial charge in [-0.15, -0.1) is 0 Å². The molecule has 2 aromatic rings. The highest BCUT2D eigenvalue weighted by Gasteiger charge is 2.36. The largest absolute Gasteiger partial charge is 0.373 e. The van der Waals surface area contributed by atoms with Crippen LogP contribution in [0.25, 0.3) is 11.4 Å². The molecular weight excluding hydrogens is 455 g/mol. The van der Waals surface area contributed by atoms with Crippen molar-refractivity contribution in [1.82, 2.24) is 27.9 Å². The van der Waals surface area contributed by atoms with Crippen molar-refractivity contribution in [3.05, 3.63) is 34.9 Å². The third-order valence-electron chi connectivity index (χ3n) is 5.86. The Kier molecular flexibility index (Phi) is 6.80. The number of hydrogen-bond acceptors (Lipinski definition) is 6. The van der Waals surface area contributed by atoms with Crippen LogP contribution >= 0.6 is 12.2 Å². The summed E-state index contributed by atoms with van der Waals surface area (Å²) in [5, 5.41) is 4.53. The summed E-state index contributed by atoms with van der Waals surface area (Å²) in [6.07, 6.45) is -0.242. The fourth-order valence-electron chi connectivity index (χ4n) is 4.23. The van der Waals surface area contributed by atoms with Gasteiger partial charge in [-0.3, -0.25) is 4.90 Å². The van der Waals surface area contributed by atoms with Crippen molar-refractivity contribution >= 4 is 22.4 Å². The number of morpholine rings is 1. The van der Waals surface area contributed by atoms with Crippen LogP contribution in [0.15, 0.2) is 24.3 Å². The van der Waals surface area contributed by atoms with Crippen molar-refractivity contribution in [1.29, 1.82) is 0 Å². The molecule has 1 aromatic heterocycles. The lowest BCUT2D eigenvalue weighted by molar-refractivity contribution is -0.0458. The molecule has 9 nitrogen and oxygen atoms in total. The number of piperazine rings is 1. The summed E-state index contributed by atoms with van der Waals surface area (Å²) < 4.78 is 53.0. The maximum absolute atomic E-state index is 14.2. The van der Waals surface area contributed by atoms with E-state index in [2.05, 4.69) is 10.00 Å². The van der Waals surface area contributed by atoms with E-state index in [1.807, 2.05) is 13.8 Å². The molecule has 2 saturated heterocycles. The lowest BCUT2D eigenvalue weighted by atomic mass is 10.2. The van der Waals surface area contributed by atoms with E-state index in [9.17, 15) is 12.8 Å². The van der Waals surface area contributed by atoms with Gasteiger partial charge in [-0.25, -0.2) is 9.07 Å².